The Kier molecular flexibility index (Phi) is 1.98. The van der Waals surface area contributed by atoms with E-state index in [2.05, 4.69) is 5.32 Å². The molecule has 0 aliphatic carbocycles. The summed E-state index contributed by atoms with van der Waals surface area (Å²) in [5.74, 6) is 0.164. The van der Waals surface area contributed by atoms with E-state index < -0.39 is 5.41 Å². The summed E-state index contributed by atoms with van der Waals surface area (Å²) in [6.45, 7) is 4.14. The second-order valence-corrected chi connectivity index (χ2v) is 3.58. The highest BCUT2D eigenvalue weighted by Gasteiger charge is 2.31. The maximum absolute atomic E-state index is 11.3. The van der Waals surface area contributed by atoms with Crippen LogP contribution in [0.4, 0.5) is 0 Å². The number of carbonyl (C=O) groups excluding carboxylic acids is 2. The Morgan fingerprint density at radius 2 is 2.00 bits per heavy atom. The molecule has 0 aromatic rings. The Bertz CT molecular complexity index is 196. The molecule has 0 radical (unpaired) electrons. The van der Waals surface area contributed by atoms with Gasteiger partial charge in [-0.2, -0.15) is 0 Å². The number of amides is 1. The minimum atomic E-state index is -0.458. The number of hydrogen-bond donors (Lipinski definition) is 1. The lowest BCUT2D eigenvalue weighted by molar-refractivity contribution is -0.130. The molecule has 1 aliphatic rings. The molecular weight excluding hydrogens is 142 g/mol. The van der Waals surface area contributed by atoms with Crippen LogP contribution in [0, 0.1) is 5.41 Å². The molecule has 0 saturated carbocycles. The van der Waals surface area contributed by atoms with E-state index in [4.69, 9.17) is 0 Å². The van der Waals surface area contributed by atoms with Crippen molar-refractivity contribution in [2.75, 3.05) is 6.54 Å². The van der Waals surface area contributed by atoms with E-state index in [-0.39, 0.29) is 11.7 Å². The molecule has 0 unspecified atom stereocenters. The van der Waals surface area contributed by atoms with Crippen LogP contribution < -0.4 is 5.32 Å². The highest BCUT2D eigenvalue weighted by molar-refractivity contribution is 5.91. The SMILES string of the molecule is CC1(C)CC(=O)NCCC1=O. The van der Waals surface area contributed by atoms with Gasteiger partial charge in [0.1, 0.15) is 5.78 Å². The Hall–Kier alpha value is -0.860. The van der Waals surface area contributed by atoms with Gasteiger partial charge in [0.2, 0.25) is 5.91 Å². The van der Waals surface area contributed by atoms with Crippen LogP contribution in [-0.4, -0.2) is 18.2 Å². The molecule has 3 heteroatoms. The van der Waals surface area contributed by atoms with Crippen molar-refractivity contribution in [3.63, 3.8) is 0 Å². The van der Waals surface area contributed by atoms with Crippen LogP contribution in [0.15, 0.2) is 0 Å². The van der Waals surface area contributed by atoms with Gasteiger partial charge in [0, 0.05) is 24.8 Å². The maximum Gasteiger partial charge on any atom is 0.220 e. The predicted octanol–water partition coefficient (Wildman–Crippen LogP) is 0.492. The molecule has 62 valence electrons. The molecule has 1 fully saturated rings. The summed E-state index contributed by atoms with van der Waals surface area (Å²) >= 11 is 0. The monoisotopic (exact) mass is 155 g/mol. The zero-order chi connectivity index (χ0) is 8.48. The summed E-state index contributed by atoms with van der Waals surface area (Å²) in [6, 6.07) is 0. The Morgan fingerprint density at radius 1 is 1.36 bits per heavy atom. The lowest BCUT2D eigenvalue weighted by atomic mass is 9.84. The number of ketones is 1. The number of rotatable bonds is 0. The average molecular weight is 155 g/mol. The number of hydrogen-bond acceptors (Lipinski definition) is 2. The first kappa shape index (κ1) is 8.24. The summed E-state index contributed by atoms with van der Waals surface area (Å²) in [7, 11) is 0. The first-order chi connectivity index (χ1) is 5.02. The van der Waals surface area contributed by atoms with E-state index in [0.29, 0.717) is 19.4 Å². The van der Waals surface area contributed by atoms with E-state index >= 15 is 0 Å². The maximum atomic E-state index is 11.3. The van der Waals surface area contributed by atoms with Gasteiger partial charge in [-0.25, -0.2) is 0 Å². The minimum absolute atomic E-state index is 0.0131. The standard InChI is InChI=1S/C8H13NO2/c1-8(2)5-7(11)9-4-3-6(8)10/h3-5H2,1-2H3,(H,9,11). The molecule has 0 atom stereocenters. The van der Waals surface area contributed by atoms with E-state index in [0.717, 1.165) is 0 Å². The van der Waals surface area contributed by atoms with Gasteiger partial charge in [-0.15, -0.1) is 0 Å². The summed E-state index contributed by atoms with van der Waals surface area (Å²) < 4.78 is 0. The van der Waals surface area contributed by atoms with Crippen molar-refractivity contribution >= 4 is 11.7 Å². The molecule has 0 aromatic carbocycles. The Balaban J connectivity index is 2.76. The Morgan fingerprint density at radius 3 is 2.64 bits per heavy atom. The molecule has 1 heterocycles. The molecular formula is C8H13NO2. The van der Waals surface area contributed by atoms with Gasteiger partial charge < -0.3 is 5.32 Å². The second-order valence-electron chi connectivity index (χ2n) is 3.58. The first-order valence-corrected chi connectivity index (χ1v) is 3.82. The van der Waals surface area contributed by atoms with Gasteiger partial charge >= 0.3 is 0 Å². The van der Waals surface area contributed by atoms with Gasteiger partial charge in [-0.05, 0) is 0 Å². The van der Waals surface area contributed by atoms with Crippen molar-refractivity contribution in [1.29, 1.82) is 0 Å². The molecule has 11 heavy (non-hydrogen) atoms. The lowest BCUT2D eigenvalue weighted by Crippen LogP contribution is -2.26. The molecule has 0 spiro atoms. The zero-order valence-electron chi connectivity index (χ0n) is 6.94. The van der Waals surface area contributed by atoms with E-state index in [1.807, 2.05) is 13.8 Å². The molecule has 1 aliphatic heterocycles. The van der Waals surface area contributed by atoms with Crippen LogP contribution in [0.2, 0.25) is 0 Å². The molecule has 0 bridgehead atoms. The fourth-order valence-electron chi connectivity index (χ4n) is 1.22. The predicted molar refractivity (Wildman–Crippen MR) is 41.0 cm³/mol. The van der Waals surface area contributed by atoms with Gasteiger partial charge in [0.15, 0.2) is 0 Å². The number of nitrogens with one attached hydrogen (secondary N) is 1. The number of carbonyl (C=O) groups is 2. The quantitative estimate of drug-likeness (QED) is 0.553. The highest BCUT2D eigenvalue weighted by Crippen LogP contribution is 2.24. The van der Waals surface area contributed by atoms with Crippen molar-refractivity contribution in [2.24, 2.45) is 5.41 Å². The molecule has 0 aromatic heterocycles. The first-order valence-electron chi connectivity index (χ1n) is 3.82. The summed E-state index contributed by atoms with van der Waals surface area (Å²) in [5, 5.41) is 2.67. The third-order valence-electron chi connectivity index (χ3n) is 2.03. The highest BCUT2D eigenvalue weighted by atomic mass is 16.2. The summed E-state index contributed by atoms with van der Waals surface area (Å²) in [5.41, 5.74) is -0.458. The molecule has 1 saturated heterocycles. The minimum Gasteiger partial charge on any atom is -0.356 e. The second kappa shape index (κ2) is 2.64. The largest absolute Gasteiger partial charge is 0.356 e. The van der Waals surface area contributed by atoms with Crippen molar-refractivity contribution in [1.82, 2.24) is 5.32 Å². The topological polar surface area (TPSA) is 46.2 Å². The van der Waals surface area contributed by atoms with Gasteiger partial charge in [-0.3, -0.25) is 9.59 Å². The summed E-state index contributed by atoms with van der Waals surface area (Å²) in [4.78, 5) is 22.3. The van der Waals surface area contributed by atoms with Gasteiger partial charge in [-0.1, -0.05) is 13.8 Å². The van der Waals surface area contributed by atoms with Crippen LogP contribution in [0.5, 0.6) is 0 Å². The third-order valence-corrected chi connectivity index (χ3v) is 2.03. The molecule has 1 amide bonds. The molecule has 3 nitrogen and oxygen atoms in total. The van der Waals surface area contributed by atoms with E-state index in [9.17, 15) is 9.59 Å². The van der Waals surface area contributed by atoms with Crippen molar-refractivity contribution in [3.8, 4) is 0 Å². The van der Waals surface area contributed by atoms with Crippen LogP contribution in [-0.2, 0) is 9.59 Å². The van der Waals surface area contributed by atoms with Crippen LogP contribution in [0.3, 0.4) is 0 Å². The molecule has 1 N–H and O–H groups in total. The average Bonchev–Trinajstić information content (AvgIpc) is 1.93. The normalized spacial score (nSPS) is 24.2. The lowest BCUT2D eigenvalue weighted by Gasteiger charge is -2.17. The van der Waals surface area contributed by atoms with E-state index in [1.165, 1.54) is 0 Å². The van der Waals surface area contributed by atoms with Crippen molar-refractivity contribution in [3.05, 3.63) is 0 Å². The Labute approximate surface area is 66.2 Å². The van der Waals surface area contributed by atoms with Crippen molar-refractivity contribution in [2.45, 2.75) is 26.7 Å². The van der Waals surface area contributed by atoms with Crippen LogP contribution in [0.25, 0.3) is 0 Å². The van der Waals surface area contributed by atoms with Gasteiger partial charge in [0.25, 0.3) is 0 Å². The summed E-state index contributed by atoms with van der Waals surface area (Å²) in [6.07, 6.45) is 0.796. The number of Topliss-reactive ketones (excluding diaryl/α,β-unsaturated/α-hetero) is 1. The third kappa shape index (κ3) is 1.79. The fourth-order valence-corrected chi connectivity index (χ4v) is 1.22. The molecule has 1 rings (SSSR count). The fraction of sp³-hybridized carbons (Fsp3) is 0.750. The van der Waals surface area contributed by atoms with Crippen molar-refractivity contribution < 1.29 is 9.59 Å². The van der Waals surface area contributed by atoms with Crippen LogP contribution >= 0.6 is 0 Å². The zero-order valence-corrected chi connectivity index (χ0v) is 6.94. The van der Waals surface area contributed by atoms with E-state index in [1.54, 1.807) is 0 Å². The smallest absolute Gasteiger partial charge is 0.220 e. The van der Waals surface area contributed by atoms with Gasteiger partial charge in [0.05, 0.1) is 0 Å². The van der Waals surface area contributed by atoms with Crippen LogP contribution in [0.1, 0.15) is 26.7 Å².